The molecule has 6 heteroatoms. The van der Waals surface area contributed by atoms with Crippen molar-refractivity contribution in [1.82, 2.24) is 10.6 Å². The van der Waals surface area contributed by atoms with Crippen LogP contribution in [0.25, 0.3) is 0 Å². The number of nitrogens with one attached hydrogen (secondary N) is 3. The molecular weight excluding hydrogens is 276 g/mol. The molecule has 0 aliphatic carbocycles. The number of amides is 1. The summed E-state index contributed by atoms with van der Waals surface area (Å²) in [6, 6.07) is 5.57. The molecule has 3 rings (SSSR count). The minimum Gasteiger partial charge on any atom is -0.368 e. The van der Waals surface area contributed by atoms with Gasteiger partial charge in [0.25, 0.3) is 0 Å². The molecule has 20 heavy (non-hydrogen) atoms. The lowest BCUT2D eigenvalue weighted by Gasteiger charge is -2.30. The van der Waals surface area contributed by atoms with Gasteiger partial charge < -0.3 is 20.9 Å². The van der Waals surface area contributed by atoms with Gasteiger partial charge in [-0.25, -0.2) is 0 Å². The maximum Gasteiger partial charge on any atom is 0.211 e. The fraction of sp³-hybridized carbons (Fsp3) is 0.500. The van der Waals surface area contributed by atoms with Crippen LogP contribution in [0.2, 0.25) is 5.02 Å². The van der Waals surface area contributed by atoms with Crippen LogP contribution in [0.4, 0.5) is 11.4 Å². The second-order valence-electron chi connectivity index (χ2n) is 4.77. The minimum absolute atomic E-state index is 0.649. The van der Waals surface area contributed by atoms with Gasteiger partial charge in [-0.2, -0.15) is 0 Å². The van der Waals surface area contributed by atoms with Crippen molar-refractivity contribution in [3.8, 4) is 0 Å². The standard InChI is InChI=1S/C11H14ClN3O.C3H7N/c12-10-7-9(14-8-16)1-2-11(10)15-5-3-13-4-6-15;1-2-4-3-1/h1-2,7-8,13H,3-6H2,(H,14,16);4H,1-3H2. The molecule has 1 aromatic carbocycles. The molecule has 0 radical (unpaired) electrons. The number of carbonyl (C=O) groups is 1. The summed E-state index contributed by atoms with van der Waals surface area (Å²) in [7, 11) is 0. The predicted octanol–water partition coefficient (Wildman–Crippen LogP) is 1.30. The lowest BCUT2D eigenvalue weighted by molar-refractivity contribution is -0.105. The van der Waals surface area contributed by atoms with Gasteiger partial charge in [-0.1, -0.05) is 11.6 Å². The van der Waals surface area contributed by atoms with Crippen molar-refractivity contribution in [2.75, 3.05) is 49.5 Å². The SMILES string of the molecule is C1CNC1.O=CNc1ccc(N2CCNCC2)c(Cl)c1. The quantitative estimate of drug-likeness (QED) is 0.736. The zero-order valence-corrected chi connectivity index (χ0v) is 12.2. The Hall–Kier alpha value is -1.30. The van der Waals surface area contributed by atoms with Crippen LogP contribution in [0, 0.1) is 0 Å². The summed E-state index contributed by atoms with van der Waals surface area (Å²) in [6.45, 7) is 6.37. The Morgan fingerprint density at radius 2 is 1.80 bits per heavy atom. The van der Waals surface area contributed by atoms with Gasteiger partial charge >= 0.3 is 0 Å². The Kier molecular flexibility index (Phi) is 6.11. The molecule has 1 amide bonds. The molecule has 2 aliphatic rings. The van der Waals surface area contributed by atoms with E-state index in [2.05, 4.69) is 20.9 Å². The normalized spacial score (nSPS) is 17.6. The predicted molar refractivity (Wildman–Crippen MR) is 83.7 cm³/mol. The summed E-state index contributed by atoms with van der Waals surface area (Å²) in [5.41, 5.74) is 1.75. The van der Waals surface area contributed by atoms with Crippen molar-refractivity contribution >= 4 is 29.4 Å². The Labute approximate surface area is 124 Å². The van der Waals surface area contributed by atoms with E-state index in [1.54, 1.807) is 6.07 Å². The van der Waals surface area contributed by atoms with Crippen LogP contribution < -0.4 is 20.9 Å². The van der Waals surface area contributed by atoms with Crippen LogP contribution in [0.3, 0.4) is 0 Å². The first-order valence-electron chi connectivity index (χ1n) is 6.97. The Balaban J connectivity index is 0.000000315. The molecule has 0 unspecified atom stereocenters. The molecule has 0 bridgehead atoms. The number of halogens is 1. The van der Waals surface area contributed by atoms with Gasteiger partial charge in [0.15, 0.2) is 0 Å². The Morgan fingerprint density at radius 3 is 2.30 bits per heavy atom. The van der Waals surface area contributed by atoms with Gasteiger partial charge in [-0.3, -0.25) is 4.79 Å². The third kappa shape index (κ3) is 4.37. The van der Waals surface area contributed by atoms with Crippen molar-refractivity contribution in [3.05, 3.63) is 23.2 Å². The van der Waals surface area contributed by atoms with Crippen LogP contribution in [0.1, 0.15) is 6.42 Å². The highest BCUT2D eigenvalue weighted by Gasteiger charge is 2.13. The molecule has 0 aromatic heterocycles. The molecule has 0 saturated carbocycles. The van der Waals surface area contributed by atoms with Crippen molar-refractivity contribution in [2.45, 2.75) is 6.42 Å². The van der Waals surface area contributed by atoms with E-state index in [0.29, 0.717) is 11.4 Å². The minimum atomic E-state index is 0.649. The Morgan fingerprint density at radius 1 is 1.15 bits per heavy atom. The molecule has 5 nitrogen and oxygen atoms in total. The summed E-state index contributed by atoms with van der Waals surface area (Å²) in [6.07, 6.45) is 2.04. The van der Waals surface area contributed by atoms with E-state index in [-0.39, 0.29) is 0 Å². The molecule has 0 spiro atoms. The van der Waals surface area contributed by atoms with Crippen LogP contribution in [0.15, 0.2) is 18.2 Å². The van der Waals surface area contributed by atoms with Crippen molar-refractivity contribution in [1.29, 1.82) is 0 Å². The number of hydrogen-bond donors (Lipinski definition) is 3. The maximum atomic E-state index is 10.3. The number of carbonyl (C=O) groups excluding carboxylic acids is 1. The fourth-order valence-electron chi connectivity index (χ4n) is 2.00. The van der Waals surface area contributed by atoms with E-state index in [1.165, 1.54) is 19.5 Å². The van der Waals surface area contributed by atoms with Gasteiger partial charge in [-0.05, 0) is 37.7 Å². The molecular formula is C14H21ClN4O. The topological polar surface area (TPSA) is 56.4 Å². The first-order valence-corrected chi connectivity index (χ1v) is 7.35. The molecule has 2 heterocycles. The number of piperazine rings is 1. The molecule has 2 aliphatic heterocycles. The second-order valence-corrected chi connectivity index (χ2v) is 5.18. The number of anilines is 2. The lowest BCUT2D eigenvalue weighted by Crippen LogP contribution is -2.43. The van der Waals surface area contributed by atoms with Crippen LogP contribution >= 0.6 is 11.6 Å². The molecule has 110 valence electrons. The highest BCUT2D eigenvalue weighted by Crippen LogP contribution is 2.28. The summed E-state index contributed by atoms with van der Waals surface area (Å²) < 4.78 is 0. The summed E-state index contributed by atoms with van der Waals surface area (Å²) in [5, 5.41) is 9.66. The van der Waals surface area contributed by atoms with Crippen LogP contribution in [0.5, 0.6) is 0 Å². The summed E-state index contributed by atoms with van der Waals surface area (Å²) >= 11 is 6.18. The maximum absolute atomic E-state index is 10.3. The third-order valence-corrected chi connectivity index (χ3v) is 3.64. The van der Waals surface area contributed by atoms with Crippen molar-refractivity contribution < 1.29 is 4.79 Å². The Bertz CT molecular complexity index is 427. The second kappa shape index (κ2) is 8.09. The fourth-order valence-corrected chi connectivity index (χ4v) is 2.30. The van der Waals surface area contributed by atoms with Gasteiger partial charge in [0.2, 0.25) is 6.41 Å². The zero-order valence-electron chi connectivity index (χ0n) is 11.5. The summed E-state index contributed by atoms with van der Waals surface area (Å²) in [4.78, 5) is 12.5. The largest absolute Gasteiger partial charge is 0.368 e. The molecule has 0 atom stereocenters. The first-order chi connectivity index (χ1) is 9.81. The first kappa shape index (κ1) is 15.1. The number of rotatable bonds is 3. The van der Waals surface area contributed by atoms with E-state index in [1.807, 2.05) is 12.1 Å². The number of benzene rings is 1. The summed E-state index contributed by atoms with van der Waals surface area (Å²) in [5.74, 6) is 0. The van der Waals surface area contributed by atoms with E-state index >= 15 is 0 Å². The molecule has 2 saturated heterocycles. The zero-order chi connectivity index (χ0) is 14.2. The van der Waals surface area contributed by atoms with E-state index in [9.17, 15) is 4.79 Å². The van der Waals surface area contributed by atoms with E-state index in [4.69, 9.17) is 11.6 Å². The monoisotopic (exact) mass is 296 g/mol. The average molecular weight is 297 g/mol. The smallest absolute Gasteiger partial charge is 0.211 e. The third-order valence-electron chi connectivity index (χ3n) is 3.34. The van der Waals surface area contributed by atoms with Crippen LogP contribution in [-0.4, -0.2) is 45.7 Å². The van der Waals surface area contributed by atoms with Crippen LogP contribution in [-0.2, 0) is 4.79 Å². The van der Waals surface area contributed by atoms with Gasteiger partial charge in [-0.15, -0.1) is 0 Å². The highest BCUT2D eigenvalue weighted by atomic mass is 35.5. The van der Waals surface area contributed by atoms with E-state index in [0.717, 1.165) is 37.6 Å². The molecule has 1 aromatic rings. The molecule has 2 fully saturated rings. The van der Waals surface area contributed by atoms with Gasteiger partial charge in [0.05, 0.1) is 10.7 Å². The van der Waals surface area contributed by atoms with Gasteiger partial charge in [0, 0.05) is 31.9 Å². The van der Waals surface area contributed by atoms with E-state index < -0.39 is 0 Å². The van der Waals surface area contributed by atoms with Crippen molar-refractivity contribution in [2.24, 2.45) is 0 Å². The number of nitrogens with zero attached hydrogens (tertiary/aromatic N) is 1. The molecule has 3 N–H and O–H groups in total. The number of hydrogen-bond acceptors (Lipinski definition) is 4. The van der Waals surface area contributed by atoms with Gasteiger partial charge in [0.1, 0.15) is 0 Å². The van der Waals surface area contributed by atoms with Crippen molar-refractivity contribution in [3.63, 3.8) is 0 Å². The average Bonchev–Trinajstić information content (AvgIpc) is 2.38. The lowest BCUT2D eigenvalue weighted by atomic mass is 10.2. The highest BCUT2D eigenvalue weighted by molar-refractivity contribution is 6.33.